The van der Waals surface area contributed by atoms with E-state index in [1.54, 1.807) is 34.9 Å². The maximum Gasteiger partial charge on any atom is 0.175 e. The summed E-state index contributed by atoms with van der Waals surface area (Å²) in [6.45, 7) is 2.13. The molecule has 2 nitrogen and oxygen atoms in total. The second-order valence-electron chi connectivity index (χ2n) is 3.19. The number of benzene rings is 1. The second kappa shape index (κ2) is 6.78. The summed E-state index contributed by atoms with van der Waals surface area (Å²) >= 11 is 8.63. The highest BCUT2D eigenvalue weighted by Crippen LogP contribution is 2.30. The minimum absolute atomic E-state index is 0.935. The lowest BCUT2D eigenvalue weighted by Gasteiger charge is -1.98. The number of hydrogen-bond acceptors (Lipinski definition) is 5. The summed E-state index contributed by atoms with van der Waals surface area (Å²) < 4.78 is 3.22. The van der Waals surface area contributed by atoms with Crippen LogP contribution in [0.2, 0.25) is 0 Å². The number of nitrogens with zero attached hydrogens (tertiary/aromatic N) is 2. The van der Waals surface area contributed by atoms with E-state index < -0.39 is 0 Å². The molecule has 0 aliphatic heterocycles. The van der Waals surface area contributed by atoms with Crippen molar-refractivity contribution in [3.63, 3.8) is 0 Å². The lowest BCUT2D eigenvalue weighted by molar-refractivity contribution is 0.954. The van der Waals surface area contributed by atoms with Crippen molar-refractivity contribution in [1.29, 1.82) is 0 Å². The average molecular weight is 347 g/mol. The van der Waals surface area contributed by atoms with Crippen molar-refractivity contribution in [1.82, 2.24) is 10.2 Å². The Kier molecular flexibility index (Phi) is 5.34. The molecule has 0 fully saturated rings. The Bertz CT molecular complexity index is 487. The van der Waals surface area contributed by atoms with Gasteiger partial charge in [0.25, 0.3) is 0 Å². The molecule has 1 aromatic heterocycles. The molecule has 1 aromatic carbocycles. The zero-order valence-electron chi connectivity index (χ0n) is 9.22. The monoisotopic (exact) mass is 346 g/mol. The molecule has 90 valence electrons. The highest BCUT2D eigenvalue weighted by atomic mass is 79.9. The minimum atomic E-state index is 0.935. The Labute approximate surface area is 122 Å². The van der Waals surface area contributed by atoms with Gasteiger partial charge in [0.1, 0.15) is 0 Å². The SMILES string of the molecule is CCSc1nnc(SCc2cccc(Br)c2)s1. The van der Waals surface area contributed by atoms with E-state index in [9.17, 15) is 0 Å². The van der Waals surface area contributed by atoms with Crippen LogP contribution in [0.3, 0.4) is 0 Å². The normalized spacial score (nSPS) is 10.7. The molecule has 0 radical (unpaired) electrons. The third-order valence-corrected chi connectivity index (χ3v) is 5.54. The van der Waals surface area contributed by atoms with Crippen LogP contribution in [0.5, 0.6) is 0 Å². The Hall–Kier alpha value is -0.0400. The van der Waals surface area contributed by atoms with Crippen LogP contribution in [0.4, 0.5) is 0 Å². The lowest BCUT2D eigenvalue weighted by Crippen LogP contribution is -1.79. The Morgan fingerprint density at radius 3 is 2.71 bits per heavy atom. The molecule has 0 N–H and O–H groups in total. The maximum absolute atomic E-state index is 4.17. The Morgan fingerprint density at radius 2 is 2.00 bits per heavy atom. The molecule has 1 heterocycles. The summed E-state index contributed by atoms with van der Waals surface area (Å²) in [4.78, 5) is 0. The van der Waals surface area contributed by atoms with Crippen molar-refractivity contribution in [3.05, 3.63) is 34.3 Å². The Morgan fingerprint density at radius 1 is 1.24 bits per heavy atom. The number of thioether (sulfide) groups is 2. The van der Waals surface area contributed by atoms with Crippen LogP contribution < -0.4 is 0 Å². The van der Waals surface area contributed by atoms with E-state index in [1.165, 1.54) is 5.56 Å². The summed E-state index contributed by atoms with van der Waals surface area (Å²) in [5.74, 6) is 1.98. The van der Waals surface area contributed by atoms with Crippen molar-refractivity contribution in [2.75, 3.05) is 5.75 Å². The number of hydrogen-bond donors (Lipinski definition) is 0. The molecule has 0 amide bonds. The second-order valence-corrected chi connectivity index (χ2v) is 7.81. The standard InChI is InChI=1S/C11H11BrN2S3/c1-2-15-10-13-14-11(17-10)16-7-8-4-3-5-9(12)6-8/h3-6H,2,7H2,1H3. The third-order valence-electron chi connectivity index (χ3n) is 1.91. The van der Waals surface area contributed by atoms with Gasteiger partial charge < -0.3 is 0 Å². The molecule has 0 atom stereocenters. The van der Waals surface area contributed by atoms with E-state index in [-0.39, 0.29) is 0 Å². The van der Waals surface area contributed by atoms with Crippen LogP contribution in [-0.4, -0.2) is 16.0 Å². The van der Waals surface area contributed by atoms with E-state index in [0.717, 1.165) is 24.7 Å². The number of halogens is 1. The van der Waals surface area contributed by atoms with Gasteiger partial charge in [-0.3, -0.25) is 0 Å². The zero-order valence-corrected chi connectivity index (χ0v) is 13.3. The van der Waals surface area contributed by atoms with Gasteiger partial charge >= 0.3 is 0 Å². The van der Waals surface area contributed by atoms with Gasteiger partial charge in [0.2, 0.25) is 0 Å². The molecule has 0 aliphatic rings. The van der Waals surface area contributed by atoms with Gasteiger partial charge in [0.05, 0.1) is 0 Å². The van der Waals surface area contributed by atoms with Gasteiger partial charge in [0.15, 0.2) is 8.68 Å². The largest absolute Gasteiger partial charge is 0.175 e. The summed E-state index contributed by atoms with van der Waals surface area (Å²) in [6, 6.07) is 8.35. The van der Waals surface area contributed by atoms with Crippen molar-refractivity contribution in [2.24, 2.45) is 0 Å². The molecule has 6 heteroatoms. The van der Waals surface area contributed by atoms with Crippen LogP contribution in [0.15, 0.2) is 37.4 Å². The highest BCUT2D eigenvalue weighted by molar-refractivity contribution is 9.10. The van der Waals surface area contributed by atoms with Crippen LogP contribution in [0.25, 0.3) is 0 Å². The zero-order chi connectivity index (χ0) is 12.1. The van der Waals surface area contributed by atoms with Crippen molar-refractivity contribution >= 4 is 50.8 Å². The predicted molar refractivity (Wildman–Crippen MR) is 80.0 cm³/mol. The average Bonchev–Trinajstić information content (AvgIpc) is 2.75. The first kappa shape index (κ1) is 13.4. The highest BCUT2D eigenvalue weighted by Gasteiger charge is 2.05. The van der Waals surface area contributed by atoms with Gasteiger partial charge in [-0.25, -0.2) is 0 Å². The lowest BCUT2D eigenvalue weighted by atomic mass is 10.2. The molecule has 2 aromatic rings. The molecule has 0 saturated heterocycles. The minimum Gasteiger partial charge on any atom is -0.131 e. The topological polar surface area (TPSA) is 25.8 Å². The third kappa shape index (κ3) is 4.28. The maximum atomic E-state index is 4.17. The van der Waals surface area contributed by atoms with Gasteiger partial charge in [-0.1, -0.05) is 69.8 Å². The van der Waals surface area contributed by atoms with Crippen molar-refractivity contribution < 1.29 is 0 Å². The fraction of sp³-hybridized carbons (Fsp3) is 0.273. The van der Waals surface area contributed by atoms with E-state index in [2.05, 4.69) is 51.3 Å². The molecule has 0 aliphatic carbocycles. The fourth-order valence-electron chi connectivity index (χ4n) is 1.21. The quantitative estimate of drug-likeness (QED) is 0.732. The van der Waals surface area contributed by atoms with Crippen LogP contribution in [0, 0.1) is 0 Å². The Balaban J connectivity index is 1.93. The van der Waals surface area contributed by atoms with E-state index in [4.69, 9.17) is 0 Å². The van der Waals surface area contributed by atoms with Crippen molar-refractivity contribution in [2.45, 2.75) is 21.4 Å². The molecule has 17 heavy (non-hydrogen) atoms. The molecule has 2 rings (SSSR count). The van der Waals surface area contributed by atoms with Crippen molar-refractivity contribution in [3.8, 4) is 0 Å². The first-order valence-corrected chi connectivity index (χ1v) is 8.69. The summed E-state index contributed by atoms with van der Waals surface area (Å²) in [5, 5.41) is 8.31. The molecular formula is C11H11BrN2S3. The van der Waals surface area contributed by atoms with Gasteiger partial charge in [-0.15, -0.1) is 10.2 Å². The summed E-state index contributed by atoms with van der Waals surface area (Å²) in [7, 11) is 0. The molecule has 0 unspecified atom stereocenters. The molecule has 0 spiro atoms. The number of aromatic nitrogens is 2. The smallest absolute Gasteiger partial charge is 0.131 e. The van der Waals surface area contributed by atoms with Gasteiger partial charge in [-0.05, 0) is 23.4 Å². The van der Waals surface area contributed by atoms with Gasteiger partial charge in [0, 0.05) is 10.2 Å². The van der Waals surface area contributed by atoms with Crippen LogP contribution in [-0.2, 0) is 5.75 Å². The predicted octanol–water partition coefficient (Wildman–Crippen LogP) is 4.70. The molecule has 0 saturated carbocycles. The number of rotatable bonds is 5. The first-order chi connectivity index (χ1) is 8.28. The first-order valence-electron chi connectivity index (χ1n) is 5.11. The summed E-state index contributed by atoms with van der Waals surface area (Å²) in [5.41, 5.74) is 1.30. The summed E-state index contributed by atoms with van der Waals surface area (Å²) in [6.07, 6.45) is 0. The van der Waals surface area contributed by atoms with E-state index in [1.807, 2.05) is 6.07 Å². The molecule has 0 bridgehead atoms. The fourth-order valence-corrected chi connectivity index (χ4v) is 4.52. The van der Waals surface area contributed by atoms with E-state index in [0.29, 0.717) is 0 Å². The van der Waals surface area contributed by atoms with Crippen LogP contribution >= 0.6 is 50.8 Å². The van der Waals surface area contributed by atoms with Gasteiger partial charge in [-0.2, -0.15) is 0 Å². The molecular weight excluding hydrogens is 336 g/mol. The van der Waals surface area contributed by atoms with Crippen LogP contribution in [0.1, 0.15) is 12.5 Å². The van der Waals surface area contributed by atoms with E-state index >= 15 is 0 Å².